The highest BCUT2D eigenvalue weighted by Gasteiger charge is 2.48. The van der Waals surface area contributed by atoms with E-state index < -0.39 is 58.3 Å². The van der Waals surface area contributed by atoms with E-state index in [1.807, 2.05) is 0 Å². The minimum atomic E-state index is -6.03. The van der Waals surface area contributed by atoms with E-state index in [2.05, 4.69) is 44.1 Å². The van der Waals surface area contributed by atoms with Crippen LogP contribution in [0, 0.1) is 6.92 Å². The van der Waals surface area contributed by atoms with Crippen LogP contribution < -0.4 is 20.1 Å². The van der Waals surface area contributed by atoms with Gasteiger partial charge in [0.15, 0.2) is 17.0 Å². The number of aryl methyl sites for hydroxylation is 1. The van der Waals surface area contributed by atoms with E-state index in [-0.39, 0.29) is 46.6 Å². The molecule has 1 amide bonds. The van der Waals surface area contributed by atoms with Gasteiger partial charge in [0.1, 0.15) is 23.9 Å². The second-order valence-corrected chi connectivity index (χ2v) is 24.2. The number of nitrogens with one attached hydrogen (secondary N) is 1. The molecule has 0 aliphatic carbocycles. The molecular weight excluding hydrogens is 814 g/mol. The first kappa shape index (κ1) is 45.0. The predicted octanol–water partition coefficient (Wildman–Crippen LogP) is 8.02. The molecule has 16 nitrogen and oxygen atoms in total. The summed E-state index contributed by atoms with van der Waals surface area (Å²) < 4.78 is 82.5. The van der Waals surface area contributed by atoms with E-state index in [1.54, 1.807) is 78.2 Å². The number of halogens is 3. The predicted molar refractivity (Wildman–Crippen MR) is 219 cm³/mol. The molecule has 1 atom stereocenters. The van der Waals surface area contributed by atoms with Crippen molar-refractivity contribution >= 4 is 58.1 Å². The normalized spacial score (nSPS) is 13.5. The molecule has 3 aromatic heterocycles. The molecule has 0 radical (unpaired) electrons. The molecule has 1 unspecified atom stereocenters. The van der Waals surface area contributed by atoms with Crippen LogP contribution in [0.4, 0.5) is 29.7 Å². The maximum absolute atomic E-state index is 14.4. The van der Waals surface area contributed by atoms with E-state index in [1.165, 1.54) is 18.5 Å². The van der Waals surface area contributed by atoms with Crippen molar-refractivity contribution in [1.29, 1.82) is 0 Å². The zero-order valence-electron chi connectivity index (χ0n) is 34.8. The van der Waals surface area contributed by atoms with Gasteiger partial charge in [-0.3, -0.25) is 18.8 Å². The Labute approximate surface area is 340 Å². The Morgan fingerprint density at radius 1 is 0.983 bits per heavy atom. The van der Waals surface area contributed by atoms with Crippen LogP contribution in [-0.2, 0) is 31.2 Å². The summed E-state index contributed by atoms with van der Waals surface area (Å²) in [5, 5.41) is 4.30. The molecule has 21 heteroatoms. The number of aromatic nitrogens is 6. The van der Waals surface area contributed by atoms with E-state index in [0.717, 1.165) is 27.8 Å². The number of carbonyl (C=O) groups is 1. The van der Waals surface area contributed by atoms with Crippen molar-refractivity contribution in [3.63, 3.8) is 0 Å². The number of anilines is 2. The standard InChI is InChI=1S/C38H49F3N8O8SSi/c1-23-14-12-17-27-28(23)33(50)48(25-15-13-16-26(20-25)56-58(52,53)38(39,40)41)31(44-27)24(2)43-30-29-32(47(21-42-29)22-54-18-19-59(9,10)11)46-34(45-30)49(57-37(6,7)8)35(51)55-36(3,4)5/h12-17,20-21,24H,18-19,22H2,1-11H3,(H,43,45,46). The van der Waals surface area contributed by atoms with Crippen molar-refractivity contribution in [3.05, 3.63) is 70.5 Å². The van der Waals surface area contributed by atoms with E-state index in [4.69, 9.17) is 19.3 Å². The molecule has 0 saturated carbocycles. The van der Waals surface area contributed by atoms with Gasteiger partial charge < -0.3 is 19.0 Å². The van der Waals surface area contributed by atoms with Crippen LogP contribution in [0.15, 0.2) is 53.6 Å². The number of fused-ring (bicyclic) bond motifs is 2. The van der Waals surface area contributed by atoms with Gasteiger partial charge in [-0.1, -0.05) is 37.8 Å². The first-order chi connectivity index (χ1) is 27.1. The van der Waals surface area contributed by atoms with Gasteiger partial charge >= 0.3 is 21.7 Å². The zero-order chi connectivity index (χ0) is 43.9. The summed E-state index contributed by atoms with van der Waals surface area (Å²) in [5.41, 5.74) is -6.84. The summed E-state index contributed by atoms with van der Waals surface area (Å²) in [6.07, 6.45) is 0.599. The fourth-order valence-electron chi connectivity index (χ4n) is 5.57. The quantitative estimate of drug-likeness (QED) is 0.0395. The Bertz CT molecular complexity index is 2530. The zero-order valence-corrected chi connectivity index (χ0v) is 36.6. The molecule has 3 heterocycles. The van der Waals surface area contributed by atoms with Gasteiger partial charge in [0.05, 0.1) is 34.6 Å². The first-order valence-electron chi connectivity index (χ1n) is 18.6. The van der Waals surface area contributed by atoms with Crippen molar-refractivity contribution < 1.29 is 44.9 Å². The van der Waals surface area contributed by atoms with Gasteiger partial charge in [0.25, 0.3) is 11.5 Å². The third-order valence-corrected chi connectivity index (χ3v) is 10.9. The van der Waals surface area contributed by atoms with Crippen molar-refractivity contribution in [2.24, 2.45) is 0 Å². The number of amides is 1. The molecule has 5 aromatic rings. The van der Waals surface area contributed by atoms with Gasteiger partial charge in [-0.2, -0.15) is 31.6 Å². The minimum absolute atomic E-state index is 0.0429. The highest BCUT2D eigenvalue weighted by atomic mass is 32.2. The van der Waals surface area contributed by atoms with Crippen LogP contribution in [0.2, 0.25) is 25.7 Å². The second-order valence-electron chi connectivity index (χ2n) is 17.0. The largest absolute Gasteiger partial charge is 0.534 e. The number of carbonyl (C=O) groups excluding carboxylic acids is 1. The molecule has 2 aromatic carbocycles. The summed E-state index contributed by atoms with van der Waals surface area (Å²) in [6.45, 7) is 20.9. The molecule has 320 valence electrons. The van der Waals surface area contributed by atoms with Crippen LogP contribution in [0.5, 0.6) is 5.75 Å². The number of hydrogen-bond donors (Lipinski definition) is 1. The van der Waals surface area contributed by atoms with Crippen LogP contribution in [-0.4, -0.2) is 75.0 Å². The molecule has 0 spiro atoms. The Balaban J connectivity index is 1.68. The minimum Gasteiger partial charge on any atom is -0.442 e. The molecule has 0 bridgehead atoms. The summed E-state index contributed by atoms with van der Waals surface area (Å²) >= 11 is 0. The lowest BCUT2D eigenvalue weighted by Gasteiger charge is -2.30. The lowest BCUT2D eigenvalue weighted by molar-refractivity contribution is -0.0500. The third-order valence-electron chi connectivity index (χ3n) is 8.22. The van der Waals surface area contributed by atoms with Gasteiger partial charge in [-0.15, -0.1) is 5.06 Å². The average molecular weight is 863 g/mol. The molecule has 0 fully saturated rings. The van der Waals surface area contributed by atoms with Gasteiger partial charge in [-0.05, 0) is 85.2 Å². The molecule has 59 heavy (non-hydrogen) atoms. The van der Waals surface area contributed by atoms with E-state index in [9.17, 15) is 31.2 Å². The molecule has 0 aliphatic heterocycles. The van der Waals surface area contributed by atoms with Crippen LogP contribution in [0.3, 0.4) is 0 Å². The van der Waals surface area contributed by atoms with Crippen molar-refractivity contribution in [2.45, 2.75) is 111 Å². The number of ether oxygens (including phenoxy) is 2. The summed E-state index contributed by atoms with van der Waals surface area (Å²) in [7, 11) is -7.45. The van der Waals surface area contributed by atoms with Crippen LogP contribution in [0.25, 0.3) is 27.8 Å². The lowest BCUT2D eigenvalue weighted by atomic mass is 10.1. The number of alkyl halides is 3. The SMILES string of the molecule is Cc1cccc2nc(C(C)Nc3nc(N(OC(C)(C)C)C(=O)OC(C)(C)C)nc4c3ncn4COCC[Si](C)(C)C)n(-c3cccc(OS(=O)(=O)C(F)(F)F)c3)c(=O)c12. The average Bonchev–Trinajstić information content (AvgIpc) is 3.49. The fraction of sp³-hybridized carbons (Fsp3) is 0.474. The molecular formula is C38H49F3N8O8SSi. The number of benzene rings is 2. The second kappa shape index (κ2) is 16.5. The summed E-state index contributed by atoms with van der Waals surface area (Å²) in [6, 6.07) is 9.64. The number of hydrogen-bond acceptors (Lipinski definition) is 13. The number of hydroxylamine groups is 1. The highest BCUT2D eigenvalue weighted by molar-refractivity contribution is 7.88. The number of nitrogens with zero attached hydrogens (tertiary/aromatic N) is 7. The number of imidazole rings is 1. The Morgan fingerprint density at radius 3 is 2.29 bits per heavy atom. The Kier molecular flexibility index (Phi) is 12.6. The van der Waals surface area contributed by atoms with Crippen molar-refractivity contribution in [3.8, 4) is 11.4 Å². The maximum Gasteiger partial charge on any atom is 0.534 e. The fourth-order valence-corrected chi connectivity index (χ4v) is 6.78. The van der Waals surface area contributed by atoms with Gasteiger partial charge in [0.2, 0.25) is 0 Å². The smallest absolute Gasteiger partial charge is 0.442 e. The van der Waals surface area contributed by atoms with E-state index >= 15 is 0 Å². The molecule has 5 rings (SSSR count). The van der Waals surface area contributed by atoms with Crippen molar-refractivity contribution in [1.82, 2.24) is 29.1 Å². The lowest BCUT2D eigenvalue weighted by Crippen LogP contribution is -2.42. The maximum atomic E-state index is 14.4. The van der Waals surface area contributed by atoms with E-state index in [0.29, 0.717) is 17.7 Å². The molecule has 1 N–H and O–H groups in total. The third kappa shape index (κ3) is 10.9. The summed E-state index contributed by atoms with van der Waals surface area (Å²) in [5.74, 6) is -0.802. The molecule has 0 aliphatic rings. The Morgan fingerprint density at radius 2 is 1.66 bits per heavy atom. The highest BCUT2D eigenvalue weighted by Crippen LogP contribution is 2.32. The van der Waals surface area contributed by atoms with Crippen molar-refractivity contribution in [2.75, 3.05) is 17.0 Å². The van der Waals surface area contributed by atoms with Gasteiger partial charge in [0, 0.05) is 20.7 Å². The first-order valence-corrected chi connectivity index (χ1v) is 23.7. The topological polar surface area (TPSA) is 182 Å². The van der Waals surface area contributed by atoms with Crippen LogP contribution in [0.1, 0.15) is 65.9 Å². The van der Waals surface area contributed by atoms with Crippen LogP contribution >= 0.6 is 0 Å². The Hall–Kier alpha value is -5.12. The van der Waals surface area contributed by atoms with Gasteiger partial charge in [-0.25, -0.2) is 14.8 Å². The molecule has 0 saturated heterocycles. The monoisotopic (exact) mass is 862 g/mol. The summed E-state index contributed by atoms with van der Waals surface area (Å²) in [4.78, 5) is 52.9. The number of rotatable bonds is 13.